The fourth-order valence-corrected chi connectivity index (χ4v) is 12.5. The average molecular weight is 1090 g/mol. The van der Waals surface area contributed by atoms with E-state index in [0.29, 0.717) is 38.9 Å². The summed E-state index contributed by atoms with van der Waals surface area (Å²) >= 11 is 0. The molecule has 1 saturated carbocycles. The Bertz CT molecular complexity index is 2840. The molecule has 2 fully saturated rings. The van der Waals surface area contributed by atoms with E-state index in [2.05, 4.69) is 0 Å². The molecule has 1 aliphatic carbocycles. The molecule has 2 aliphatic rings. The van der Waals surface area contributed by atoms with Gasteiger partial charge in [0.1, 0.15) is 36.6 Å². The molecule has 398 valence electrons. The summed E-state index contributed by atoms with van der Waals surface area (Å²) in [6, 6.07) is 63.8. The monoisotopic (exact) mass is 1090 g/mol. The van der Waals surface area contributed by atoms with Gasteiger partial charge in [0.05, 0.1) is 46.2 Å². The molecule has 1 aliphatic heterocycles. The van der Waals surface area contributed by atoms with Crippen molar-refractivity contribution in [2.24, 2.45) is 0 Å². The average Bonchev–Trinajstić information content (AvgIpc) is 3.82. The van der Waals surface area contributed by atoms with Crippen molar-refractivity contribution in [3.63, 3.8) is 0 Å². The predicted octanol–water partition coefficient (Wildman–Crippen LogP) is 13.9. The Balaban J connectivity index is 1.17. The highest BCUT2D eigenvalue weighted by molar-refractivity contribution is 7.49. The Morgan fingerprint density at radius 1 is 0.316 bits per heavy atom. The van der Waals surface area contributed by atoms with Gasteiger partial charge in [-0.1, -0.05) is 212 Å². The molecular weight excluding hydrogens is 1030 g/mol. The van der Waals surface area contributed by atoms with Crippen molar-refractivity contribution >= 4 is 23.5 Å². The Hall–Kier alpha value is -5.25. The van der Waals surface area contributed by atoms with Crippen LogP contribution in [0.1, 0.15) is 52.8 Å². The van der Waals surface area contributed by atoms with Crippen molar-refractivity contribution < 1.29 is 68.6 Å². The zero-order chi connectivity index (χ0) is 52.7. The summed E-state index contributed by atoms with van der Waals surface area (Å²) in [6.45, 7) is 1.97. The van der Waals surface area contributed by atoms with E-state index in [1.165, 1.54) is 0 Å². The molecule has 76 heavy (non-hydrogen) atoms. The first kappa shape index (κ1) is 55.5. The summed E-state index contributed by atoms with van der Waals surface area (Å²) in [4.78, 5) is 0. The number of hydrogen-bond donors (Lipinski definition) is 0. The molecule has 0 aromatic heterocycles. The number of fused-ring (bicyclic) bond motifs is 1. The van der Waals surface area contributed by atoms with Crippen LogP contribution in [0.25, 0.3) is 0 Å². The van der Waals surface area contributed by atoms with Crippen LogP contribution in [0.3, 0.4) is 0 Å². The van der Waals surface area contributed by atoms with Gasteiger partial charge in [-0.3, -0.25) is 40.7 Å². The second kappa shape index (κ2) is 26.4. The lowest BCUT2D eigenvalue weighted by molar-refractivity contribution is -0.204. The molecule has 0 amide bonds. The van der Waals surface area contributed by atoms with Crippen molar-refractivity contribution in [1.29, 1.82) is 0 Å². The summed E-state index contributed by atoms with van der Waals surface area (Å²) in [5.74, 6) is -1.42. The van der Waals surface area contributed by atoms with E-state index < -0.39 is 65.9 Å². The van der Waals surface area contributed by atoms with Crippen molar-refractivity contribution in [3.05, 3.63) is 251 Å². The maximum Gasteiger partial charge on any atom is 0.475 e. The van der Waals surface area contributed by atoms with Gasteiger partial charge in [-0.25, -0.2) is 13.7 Å². The molecular formula is C58H61O15P3. The lowest BCUT2D eigenvalue weighted by atomic mass is 9.85. The van der Waals surface area contributed by atoms with Crippen LogP contribution >= 0.6 is 23.5 Å². The minimum atomic E-state index is -4.85. The van der Waals surface area contributed by atoms with Gasteiger partial charge in [-0.2, -0.15) is 0 Å². The lowest BCUT2D eigenvalue weighted by Crippen LogP contribution is -2.64. The third kappa shape index (κ3) is 15.9. The molecule has 1 saturated heterocycles. The van der Waals surface area contributed by atoms with Crippen LogP contribution in [-0.4, -0.2) is 42.4 Å². The van der Waals surface area contributed by atoms with E-state index in [0.717, 1.165) is 0 Å². The van der Waals surface area contributed by atoms with Gasteiger partial charge >= 0.3 is 23.5 Å². The molecule has 9 rings (SSSR count). The van der Waals surface area contributed by atoms with E-state index >= 15 is 13.7 Å². The van der Waals surface area contributed by atoms with Gasteiger partial charge in [0.15, 0.2) is 5.79 Å². The highest BCUT2D eigenvalue weighted by Gasteiger charge is 2.64. The smallest absolute Gasteiger partial charge is 0.368 e. The van der Waals surface area contributed by atoms with Crippen molar-refractivity contribution in [1.82, 2.24) is 0 Å². The van der Waals surface area contributed by atoms with Crippen LogP contribution in [0.4, 0.5) is 0 Å². The summed E-state index contributed by atoms with van der Waals surface area (Å²) < 4.78 is 125. The predicted molar refractivity (Wildman–Crippen MR) is 284 cm³/mol. The molecule has 15 nitrogen and oxygen atoms in total. The van der Waals surface area contributed by atoms with Gasteiger partial charge in [-0.15, -0.1) is 0 Å². The minimum Gasteiger partial charge on any atom is -0.368 e. The largest absolute Gasteiger partial charge is 0.475 e. The number of benzene rings is 7. The molecule has 0 bridgehead atoms. The van der Waals surface area contributed by atoms with Crippen LogP contribution in [0.15, 0.2) is 212 Å². The SMILES string of the molecule is CC1(C)O[C@@H]2[C@H](O1)[C@@H](OP(=O)(OCc1ccccc1)OCc1ccccc1)[C@H](OP(=O)(OCc1ccccc1)OCc1ccccc1)[C@@H](OCc1ccccc1)[C@@H]2OP(=O)(OCc1ccccc1)OCc1ccccc1. The van der Waals surface area contributed by atoms with E-state index in [9.17, 15) is 0 Å². The maximum atomic E-state index is 15.8. The van der Waals surface area contributed by atoms with Gasteiger partial charge in [0.2, 0.25) is 0 Å². The minimum absolute atomic E-state index is 0.119. The highest BCUT2D eigenvalue weighted by atomic mass is 31.2. The van der Waals surface area contributed by atoms with Crippen LogP contribution in [0, 0.1) is 0 Å². The van der Waals surface area contributed by atoms with Crippen molar-refractivity contribution in [2.45, 2.75) is 103 Å². The number of ether oxygens (including phenoxy) is 3. The van der Waals surface area contributed by atoms with Gasteiger partial charge in [0.25, 0.3) is 0 Å². The van der Waals surface area contributed by atoms with Crippen molar-refractivity contribution in [2.75, 3.05) is 0 Å². The van der Waals surface area contributed by atoms with Gasteiger partial charge in [-0.05, 0) is 52.8 Å². The first-order valence-electron chi connectivity index (χ1n) is 24.9. The fraction of sp³-hybridized carbons (Fsp3) is 0.276. The molecule has 7 aromatic rings. The number of rotatable bonds is 27. The Morgan fingerprint density at radius 3 is 0.776 bits per heavy atom. The molecule has 0 spiro atoms. The maximum absolute atomic E-state index is 15.8. The summed E-state index contributed by atoms with van der Waals surface area (Å²) in [5, 5.41) is 0. The van der Waals surface area contributed by atoms with Gasteiger partial charge < -0.3 is 14.2 Å². The Kier molecular flexibility index (Phi) is 19.3. The van der Waals surface area contributed by atoms with Crippen LogP contribution in [0.2, 0.25) is 0 Å². The van der Waals surface area contributed by atoms with Crippen LogP contribution in [-0.2, 0) is 115 Å². The molecule has 7 aromatic carbocycles. The zero-order valence-electron chi connectivity index (χ0n) is 42.1. The highest BCUT2D eigenvalue weighted by Crippen LogP contribution is 2.61. The number of hydrogen-bond acceptors (Lipinski definition) is 15. The fourth-order valence-electron chi connectivity index (χ4n) is 8.50. The van der Waals surface area contributed by atoms with E-state index in [-0.39, 0.29) is 46.2 Å². The van der Waals surface area contributed by atoms with E-state index in [1.54, 1.807) is 62.4 Å². The van der Waals surface area contributed by atoms with Crippen LogP contribution in [0.5, 0.6) is 0 Å². The third-order valence-electron chi connectivity index (χ3n) is 12.2. The summed E-state index contributed by atoms with van der Waals surface area (Å²) in [6.07, 6.45) is -8.98. The molecule has 1 heterocycles. The Morgan fingerprint density at radius 2 is 0.526 bits per heavy atom. The number of phosphoric ester groups is 3. The lowest BCUT2D eigenvalue weighted by Gasteiger charge is -2.47. The van der Waals surface area contributed by atoms with E-state index in [1.807, 2.05) is 164 Å². The quantitative estimate of drug-likeness (QED) is 0.0447. The molecule has 0 unspecified atom stereocenters. The van der Waals surface area contributed by atoms with Crippen molar-refractivity contribution in [3.8, 4) is 0 Å². The number of phosphoric acid groups is 3. The van der Waals surface area contributed by atoms with Crippen LogP contribution < -0.4 is 0 Å². The molecule has 6 atom stereocenters. The topological polar surface area (TPSA) is 162 Å². The second-order valence-corrected chi connectivity index (χ2v) is 23.3. The molecule has 18 heteroatoms. The second-order valence-electron chi connectivity index (χ2n) is 18.4. The standard InChI is InChI=1S/C58H61O15P3/c1-58(2)69-53-54(70-58)57(73-76(61,67-43-50-34-20-8-21-35-50)68-44-51-36-22-9-23-37-51)56(72-75(60,65-41-48-30-16-6-17-31-48)66-42-49-32-18-7-19-33-49)52(62-38-45-24-10-3-11-25-45)55(53)71-74(59,63-39-46-26-12-4-13-27-46)64-40-47-28-14-5-15-29-47/h3-37,52-57H,38-44H2,1-2H3/t52-,53+,54-,55-,56+,57+/m0/s1. The first-order valence-corrected chi connectivity index (χ1v) is 29.3. The van der Waals surface area contributed by atoms with E-state index in [4.69, 9.17) is 54.9 Å². The molecule has 0 radical (unpaired) electrons. The normalized spacial score (nSPS) is 20.5. The van der Waals surface area contributed by atoms with Gasteiger partial charge in [0, 0.05) is 0 Å². The zero-order valence-corrected chi connectivity index (χ0v) is 44.8. The molecule has 0 N–H and O–H groups in total. The first-order chi connectivity index (χ1) is 36.9. The third-order valence-corrected chi connectivity index (χ3v) is 16.4. The summed E-state index contributed by atoms with van der Waals surface area (Å²) in [7, 11) is -14.4. The summed E-state index contributed by atoms with van der Waals surface area (Å²) in [5.41, 5.74) is 4.70. The Labute approximate surface area is 444 Å².